The molecular formula is C20H21FN2O3S. The number of aromatic amines is 1. The van der Waals surface area contributed by atoms with Crippen molar-refractivity contribution in [1.29, 1.82) is 0 Å². The molecule has 2 aromatic carbocycles. The zero-order valence-corrected chi connectivity index (χ0v) is 16.0. The summed E-state index contributed by atoms with van der Waals surface area (Å²) in [6.45, 7) is 1.85. The smallest absolute Gasteiger partial charge is 0.240 e. The van der Waals surface area contributed by atoms with Crippen LogP contribution in [-0.2, 0) is 15.4 Å². The fraction of sp³-hybridized carbons (Fsp3) is 0.300. The number of hydrogen-bond donors (Lipinski definition) is 2. The van der Waals surface area contributed by atoms with Gasteiger partial charge in [-0.2, -0.15) is 0 Å². The van der Waals surface area contributed by atoms with E-state index in [4.69, 9.17) is 4.74 Å². The summed E-state index contributed by atoms with van der Waals surface area (Å²) in [4.78, 5) is 3.33. The Bertz CT molecular complexity index is 1120. The number of hydrogen-bond acceptors (Lipinski definition) is 3. The third-order valence-corrected chi connectivity index (χ3v) is 6.75. The highest BCUT2D eigenvalue weighted by Crippen LogP contribution is 2.50. The van der Waals surface area contributed by atoms with Crippen LogP contribution in [0.25, 0.3) is 10.9 Å². The summed E-state index contributed by atoms with van der Waals surface area (Å²) >= 11 is 0. The van der Waals surface area contributed by atoms with Gasteiger partial charge in [-0.3, -0.25) is 0 Å². The first-order chi connectivity index (χ1) is 12.8. The number of sulfonamides is 1. The standard InChI is InChI=1S/C20H21FN2O3S/c1-13-9-15(4-5-18(13)21)27(24,25)23-12-20(7-8-20)17-11-22-19-6-3-14(26-2)10-16(17)19/h3-6,9-11,22-23H,7-8,12H2,1-2H3. The van der Waals surface area contributed by atoms with Gasteiger partial charge >= 0.3 is 0 Å². The van der Waals surface area contributed by atoms with E-state index in [-0.39, 0.29) is 10.3 Å². The van der Waals surface area contributed by atoms with Crippen molar-refractivity contribution in [3.8, 4) is 5.75 Å². The molecule has 5 nitrogen and oxygen atoms in total. The molecular weight excluding hydrogens is 367 g/mol. The van der Waals surface area contributed by atoms with Gasteiger partial charge in [-0.05, 0) is 67.3 Å². The average molecular weight is 388 g/mol. The highest BCUT2D eigenvalue weighted by molar-refractivity contribution is 7.89. The van der Waals surface area contributed by atoms with Crippen molar-refractivity contribution in [3.05, 3.63) is 59.5 Å². The largest absolute Gasteiger partial charge is 0.497 e. The molecule has 0 unspecified atom stereocenters. The minimum atomic E-state index is -3.70. The van der Waals surface area contributed by atoms with E-state index in [0.29, 0.717) is 12.1 Å². The van der Waals surface area contributed by atoms with Gasteiger partial charge in [0.15, 0.2) is 0 Å². The van der Waals surface area contributed by atoms with E-state index in [1.165, 1.54) is 18.2 Å². The minimum Gasteiger partial charge on any atom is -0.497 e. The maximum absolute atomic E-state index is 13.4. The maximum Gasteiger partial charge on any atom is 0.240 e. The highest BCUT2D eigenvalue weighted by atomic mass is 32.2. The fourth-order valence-electron chi connectivity index (χ4n) is 3.46. The molecule has 3 aromatic rings. The molecule has 0 saturated heterocycles. The lowest BCUT2D eigenvalue weighted by Gasteiger charge is -2.16. The van der Waals surface area contributed by atoms with Gasteiger partial charge in [-0.25, -0.2) is 17.5 Å². The minimum absolute atomic E-state index is 0.0813. The van der Waals surface area contributed by atoms with E-state index in [2.05, 4.69) is 9.71 Å². The number of fused-ring (bicyclic) bond motifs is 1. The number of H-pyrrole nitrogens is 1. The lowest BCUT2D eigenvalue weighted by molar-refractivity contribution is 0.415. The number of aromatic nitrogens is 1. The van der Waals surface area contributed by atoms with Gasteiger partial charge in [0.25, 0.3) is 0 Å². The topological polar surface area (TPSA) is 71.2 Å². The number of ether oxygens (including phenoxy) is 1. The van der Waals surface area contributed by atoms with Gasteiger partial charge in [0, 0.05) is 29.1 Å². The number of halogens is 1. The van der Waals surface area contributed by atoms with Crippen molar-refractivity contribution in [1.82, 2.24) is 9.71 Å². The van der Waals surface area contributed by atoms with Crippen LogP contribution in [0.1, 0.15) is 24.0 Å². The Morgan fingerprint density at radius 1 is 1.22 bits per heavy atom. The first kappa shape index (κ1) is 18.0. The van der Waals surface area contributed by atoms with E-state index in [1.54, 1.807) is 14.0 Å². The molecule has 1 aliphatic carbocycles. The Hall–Kier alpha value is -2.38. The average Bonchev–Trinajstić information content (AvgIpc) is 3.33. The van der Waals surface area contributed by atoms with Gasteiger partial charge < -0.3 is 9.72 Å². The monoisotopic (exact) mass is 388 g/mol. The molecule has 1 saturated carbocycles. The molecule has 0 atom stereocenters. The predicted molar refractivity (Wildman–Crippen MR) is 102 cm³/mol. The Kier molecular flexibility index (Phi) is 4.24. The molecule has 0 spiro atoms. The van der Waals surface area contributed by atoms with Crippen LogP contribution in [0.2, 0.25) is 0 Å². The Morgan fingerprint density at radius 3 is 2.67 bits per heavy atom. The summed E-state index contributed by atoms with van der Waals surface area (Å²) < 4.78 is 46.8. The summed E-state index contributed by atoms with van der Waals surface area (Å²) in [5.74, 6) is 0.349. The maximum atomic E-state index is 13.4. The summed E-state index contributed by atoms with van der Waals surface area (Å²) in [7, 11) is -2.08. The van der Waals surface area contributed by atoms with E-state index in [0.717, 1.165) is 35.1 Å². The van der Waals surface area contributed by atoms with Crippen molar-refractivity contribution >= 4 is 20.9 Å². The van der Waals surface area contributed by atoms with Crippen molar-refractivity contribution in [2.45, 2.75) is 30.1 Å². The van der Waals surface area contributed by atoms with Crippen LogP contribution in [0.4, 0.5) is 4.39 Å². The normalized spacial score (nSPS) is 15.8. The molecule has 0 aliphatic heterocycles. The molecule has 0 radical (unpaired) electrons. The van der Waals surface area contributed by atoms with Gasteiger partial charge in [0.05, 0.1) is 12.0 Å². The summed E-state index contributed by atoms with van der Waals surface area (Å²) in [5.41, 5.74) is 2.17. The molecule has 1 heterocycles. The lowest BCUT2D eigenvalue weighted by Crippen LogP contribution is -2.32. The van der Waals surface area contributed by atoms with Crippen LogP contribution < -0.4 is 9.46 Å². The molecule has 0 bridgehead atoms. The van der Waals surface area contributed by atoms with Gasteiger partial charge in [0.2, 0.25) is 10.0 Å². The van der Waals surface area contributed by atoms with Crippen LogP contribution in [0.15, 0.2) is 47.5 Å². The van der Waals surface area contributed by atoms with Crippen molar-refractivity contribution in [2.24, 2.45) is 0 Å². The summed E-state index contributed by atoms with van der Waals surface area (Å²) in [5, 5.41) is 1.05. The van der Waals surface area contributed by atoms with Gasteiger partial charge in [-0.15, -0.1) is 0 Å². The van der Waals surface area contributed by atoms with Crippen LogP contribution in [0.5, 0.6) is 5.75 Å². The molecule has 2 N–H and O–H groups in total. The van der Waals surface area contributed by atoms with E-state index in [1.807, 2.05) is 24.4 Å². The van der Waals surface area contributed by atoms with Gasteiger partial charge in [0.1, 0.15) is 11.6 Å². The van der Waals surface area contributed by atoms with E-state index < -0.39 is 15.8 Å². The first-order valence-electron chi connectivity index (χ1n) is 8.76. The highest BCUT2D eigenvalue weighted by Gasteiger charge is 2.46. The van der Waals surface area contributed by atoms with Crippen LogP contribution in [0, 0.1) is 12.7 Å². The molecule has 1 fully saturated rings. The van der Waals surface area contributed by atoms with Crippen molar-refractivity contribution < 1.29 is 17.5 Å². The second kappa shape index (κ2) is 6.35. The number of benzene rings is 2. The molecule has 1 aliphatic rings. The molecule has 27 heavy (non-hydrogen) atoms. The van der Waals surface area contributed by atoms with Crippen molar-refractivity contribution in [3.63, 3.8) is 0 Å². The van der Waals surface area contributed by atoms with Crippen LogP contribution >= 0.6 is 0 Å². The van der Waals surface area contributed by atoms with Crippen molar-refractivity contribution in [2.75, 3.05) is 13.7 Å². The van der Waals surface area contributed by atoms with Gasteiger partial charge in [-0.1, -0.05) is 0 Å². The Balaban J connectivity index is 1.60. The van der Waals surface area contributed by atoms with E-state index in [9.17, 15) is 12.8 Å². The molecule has 0 amide bonds. The predicted octanol–water partition coefficient (Wildman–Crippen LogP) is 3.63. The van der Waals surface area contributed by atoms with Crippen LogP contribution in [-0.4, -0.2) is 27.1 Å². The summed E-state index contributed by atoms with van der Waals surface area (Å²) in [6.07, 6.45) is 3.76. The summed E-state index contributed by atoms with van der Waals surface area (Å²) in [6, 6.07) is 9.65. The quantitative estimate of drug-likeness (QED) is 0.677. The first-order valence-corrected chi connectivity index (χ1v) is 10.2. The SMILES string of the molecule is COc1ccc2[nH]cc(C3(CNS(=O)(=O)c4ccc(F)c(C)c4)CC3)c2c1. The Labute approximate surface area is 157 Å². The fourth-order valence-corrected chi connectivity index (χ4v) is 4.67. The second-order valence-electron chi connectivity index (χ2n) is 7.13. The number of nitrogens with one attached hydrogen (secondary N) is 2. The third-order valence-electron chi connectivity index (χ3n) is 5.35. The second-order valence-corrected chi connectivity index (χ2v) is 8.90. The zero-order chi connectivity index (χ0) is 19.2. The molecule has 4 rings (SSSR count). The molecule has 1 aromatic heterocycles. The molecule has 142 valence electrons. The molecule has 7 heteroatoms. The van der Waals surface area contributed by atoms with E-state index >= 15 is 0 Å². The number of methoxy groups -OCH3 is 1. The zero-order valence-electron chi connectivity index (χ0n) is 15.2. The Morgan fingerprint density at radius 2 is 2.00 bits per heavy atom. The van der Waals surface area contributed by atoms with Crippen LogP contribution in [0.3, 0.4) is 0 Å². The number of rotatable bonds is 6. The number of aryl methyl sites for hydroxylation is 1. The third kappa shape index (κ3) is 3.21. The lowest BCUT2D eigenvalue weighted by atomic mass is 9.95.